The van der Waals surface area contributed by atoms with E-state index in [1.807, 2.05) is 13.0 Å². The first kappa shape index (κ1) is 12.8. The molecule has 0 spiro atoms. The number of hydrogen-bond donors (Lipinski definition) is 1. The largest absolute Gasteiger partial charge is 0.393 e. The molecule has 0 atom stereocenters. The van der Waals surface area contributed by atoms with Crippen molar-refractivity contribution >= 4 is 39.0 Å². The first-order chi connectivity index (χ1) is 8.08. The number of aromatic nitrogens is 1. The van der Waals surface area contributed by atoms with Gasteiger partial charge in [0.05, 0.1) is 10.7 Å². The van der Waals surface area contributed by atoms with E-state index in [9.17, 15) is 0 Å². The van der Waals surface area contributed by atoms with Crippen LogP contribution in [-0.2, 0) is 0 Å². The lowest BCUT2D eigenvalue weighted by molar-refractivity contribution is 0.783. The molecule has 0 aliphatic heterocycles. The Kier molecular flexibility index (Phi) is 3.99. The van der Waals surface area contributed by atoms with Gasteiger partial charge in [0, 0.05) is 23.5 Å². The smallest absolute Gasteiger partial charge is 0.129 e. The molecule has 0 saturated heterocycles. The average molecular weight is 314 g/mol. The van der Waals surface area contributed by atoms with Gasteiger partial charge in [-0.05, 0) is 47.8 Å². The van der Waals surface area contributed by atoms with Crippen LogP contribution in [0.5, 0.6) is 0 Å². The van der Waals surface area contributed by atoms with Gasteiger partial charge in [0.1, 0.15) is 5.82 Å². The predicted octanol–water partition coefficient (Wildman–Crippen LogP) is 2.80. The zero-order valence-corrected chi connectivity index (χ0v) is 12.2. The minimum atomic E-state index is 0.574. The molecule has 1 heterocycles. The number of thiocarbonyl (C=S) groups is 1. The van der Waals surface area contributed by atoms with E-state index in [1.54, 1.807) is 0 Å². The normalized spacial score (nSPS) is 14.7. The molecule has 1 fully saturated rings. The number of hydrogen-bond acceptors (Lipinski definition) is 3. The van der Waals surface area contributed by atoms with Crippen molar-refractivity contribution in [1.29, 1.82) is 0 Å². The van der Waals surface area contributed by atoms with E-state index < -0.39 is 0 Å². The number of halogens is 1. The minimum absolute atomic E-state index is 0.574. The maximum absolute atomic E-state index is 5.57. The van der Waals surface area contributed by atoms with Crippen molar-refractivity contribution in [2.45, 2.75) is 32.2 Å². The summed E-state index contributed by atoms with van der Waals surface area (Å²) >= 11 is 8.41. The van der Waals surface area contributed by atoms with Crippen LogP contribution in [0.3, 0.4) is 0 Å². The third-order valence-electron chi connectivity index (χ3n) is 2.89. The van der Waals surface area contributed by atoms with Crippen molar-refractivity contribution in [1.82, 2.24) is 4.98 Å². The van der Waals surface area contributed by atoms with Gasteiger partial charge >= 0.3 is 0 Å². The molecule has 0 unspecified atom stereocenters. The lowest BCUT2D eigenvalue weighted by Gasteiger charge is -2.23. The Labute approximate surface area is 116 Å². The summed E-state index contributed by atoms with van der Waals surface area (Å²) in [6.07, 6.45) is 3.24. The highest BCUT2D eigenvalue weighted by molar-refractivity contribution is 9.10. The third-order valence-corrected chi connectivity index (χ3v) is 3.93. The number of nitrogens with zero attached hydrogens (tertiary/aromatic N) is 2. The quantitative estimate of drug-likeness (QED) is 0.849. The molecule has 1 saturated carbocycles. The van der Waals surface area contributed by atoms with Crippen molar-refractivity contribution in [2.75, 3.05) is 11.4 Å². The summed E-state index contributed by atoms with van der Waals surface area (Å²) < 4.78 is 1.05. The molecule has 17 heavy (non-hydrogen) atoms. The lowest BCUT2D eigenvalue weighted by atomic mass is 10.3. The Balaban J connectivity index is 2.14. The van der Waals surface area contributed by atoms with E-state index in [0.717, 1.165) is 29.0 Å². The Morgan fingerprint density at radius 1 is 1.59 bits per heavy atom. The molecule has 0 aromatic carbocycles. The van der Waals surface area contributed by atoms with Crippen LogP contribution in [0.1, 0.15) is 25.0 Å². The molecule has 5 heteroatoms. The molecule has 1 aromatic heterocycles. The summed E-state index contributed by atoms with van der Waals surface area (Å²) in [4.78, 5) is 7.50. The molecule has 1 aliphatic rings. The Morgan fingerprint density at radius 3 is 2.82 bits per heavy atom. The zero-order chi connectivity index (χ0) is 12.4. The number of aryl methyl sites for hydroxylation is 1. The maximum atomic E-state index is 5.57. The van der Waals surface area contributed by atoms with E-state index in [1.165, 1.54) is 12.8 Å². The molecule has 1 aliphatic carbocycles. The summed E-state index contributed by atoms with van der Waals surface area (Å²) in [5.41, 5.74) is 6.59. The highest BCUT2D eigenvalue weighted by Crippen LogP contribution is 2.31. The van der Waals surface area contributed by atoms with E-state index in [0.29, 0.717) is 11.0 Å². The molecule has 2 N–H and O–H groups in total. The molecule has 3 nitrogen and oxygen atoms in total. The molecule has 1 aromatic rings. The van der Waals surface area contributed by atoms with E-state index in [-0.39, 0.29) is 0 Å². The van der Waals surface area contributed by atoms with Gasteiger partial charge in [-0.1, -0.05) is 12.2 Å². The zero-order valence-electron chi connectivity index (χ0n) is 9.82. The van der Waals surface area contributed by atoms with Crippen molar-refractivity contribution < 1.29 is 0 Å². The first-order valence-electron chi connectivity index (χ1n) is 5.76. The highest BCUT2D eigenvalue weighted by Gasteiger charge is 2.29. The second-order valence-electron chi connectivity index (χ2n) is 4.38. The molecule has 0 amide bonds. The van der Waals surface area contributed by atoms with E-state index >= 15 is 0 Å². The Hall–Kier alpha value is -0.680. The van der Waals surface area contributed by atoms with Crippen LogP contribution in [0.2, 0.25) is 0 Å². The van der Waals surface area contributed by atoms with Crippen molar-refractivity contribution in [3.63, 3.8) is 0 Å². The van der Waals surface area contributed by atoms with Crippen LogP contribution in [-0.4, -0.2) is 22.6 Å². The summed E-state index contributed by atoms with van der Waals surface area (Å²) in [6.45, 7) is 2.88. The summed E-state index contributed by atoms with van der Waals surface area (Å²) in [5, 5.41) is 0. The van der Waals surface area contributed by atoms with Gasteiger partial charge in [-0.25, -0.2) is 4.98 Å². The standard InChI is InChI=1S/C12H16BrN3S/c1-8-10(13)4-5-12(15-8)16(9-2-3-9)7-6-11(14)17/h4-5,9H,2-3,6-7H2,1H3,(H2,14,17). The molecular weight excluding hydrogens is 298 g/mol. The van der Waals surface area contributed by atoms with Crippen LogP contribution < -0.4 is 10.6 Å². The highest BCUT2D eigenvalue weighted by atomic mass is 79.9. The van der Waals surface area contributed by atoms with Gasteiger partial charge in [0.25, 0.3) is 0 Å². The van der Waals surface area contributed by atoms with Gasteiger partial charge in [0.15, 0.2) is 0 Å². The minimum Gasteiger partial charge on any atom is -0.393 e. The van der Waals surface area contributed by atoms with Crippen molar-refractivity contribution in [3.05, 3.63) is 22.3 Å². The van der Waals surface area contributed by atoms with Gasteiger partial charge < -0.3 is 10.6 Å². The predicted molar refractivity (Wildman–Crippen MR) is 78.4 cm³/mol. The van der Waals surface area contributed by atoms with Gasteiger partial charge in [-0.3, -0.25) is 0 Å². The molecule has 0 bridgehead atoms. The molecule has 0 radical (unpaired) electrons. The van der Waals surface area contributed by atoms with Gasteiger partial charge in [-0.15, -0.1) is 0 Å². The number of anilines is 1. The summed E-state index contributed by atoms with van der Waals surface area (Å²) in [7, 11) is 0. The summed E-state index contributed by atoms with van der Waals surface area (Å²) in [6, 6.07) is 4.72. The van der Waals surface area contributed by atoms with Crippen molar-refractivity contribution in [2.24, 2.45) is 5.73 Å². The number of rotatable bonds is 5. The topological polar surface area (TPSA) is 42.2 Å². The van der Waals surface area contributed by atoms with E-state index in [4.69, 9.17) is 18.0 Å². The van der Waals surface area contributed by atoms with Crippen molar-refractivity contribution in [3.8, 4) is 0 Å². The third kappa shape index (κ3) is 3.39. The molecule has 92 valence electrons. The fraction of sp³-hybridized carbons (Fsp3) is 0.500. The van der Waals surface area contributed by atoms with Crippen LogP contribution in [0.15, 0.2) is 16.6 Å². The van der Waals surface area contributed by atoms with Gasteiger partial charge in [-0.2, -0.15) is 0 Å². The van der Waals surface area contributed by atoms with Crippen LogP contribution >= 0.6 is 28.1 Å². The Bertz CT molecular complexity index is 432. The molecular formula is C12H16BrN3S. The number of pyridine rings is 1. The van der Waals surface area contributed by atoms with Crippen LogP contribution in [0.4, 0.5) is 5.82 Å². The average Bonchev–Trinajstić information content (AvgIpc) is 3.07. The second kappa shape index (κ2) is 5.31. The second-order valence-corrected chi connectivity index (χ2v) is 5.76. The fourth-order valence-electron chi connectivity index (χ4n) is 1.79. The monoisotopic (exact) mass is 313 g/mol. The summed E-state index contributed by atoms with van der Waals surface area (Å²) in [5.74, 6) is 1.03. The number of nitrogens with two attached hydrogens (primary N) is 1. The SMILES string of the molecule is Cc1nc(N(CCC(N)=S)C2CC2)ccc1Br. The maximum Gasteiger partial charge on any atom is 0.129 e. The fourth-order valence-corrected chi connectivity index (χ4v) is 2.10. The van der Waals surface area contributed by atoms with Crippen LogP contribution in [0.25, 0.3) is 0 Å². The van der Waals surface area contributed by atoms with Crippen LogP contribution in [0, 0.1) is 6.92 Å². The Morgan fingerprint density at radius 2 is 2.29 bits per heavy atom. The van der Waals surface area contributed by atoms with Gasteiger partial charge in [0.2, 0.25) is 0 Å². The van der Waals surface area contributed by atoms with E-state index in [2.05, 4.69) is 31.9 Å². The molecule has 2 rings (SSSR count). The first-order valence-corrected chi connectivity index (χ1v) is 6.96. The lowest BCUT2D eigenvalue weighted by Crippen LogP contribution is -2.30.